The Balaban J connectivity index is 3.33. The van der Waals surface area contributed by atoms with E-state index in [-0.39, 0.29) is 0 Å². The highest BCUT2D eigenvalue weighted by molar-refractivity contribution is 5.57. The maximum atomic E-state index is 5.43. The van der Waals surface area contributed by atoms with Gasteiger partial charge in [0.25, 0.3) is 0 Å². The van der Waals surface area contributed by atoms with Crippen LogP contribution in [0.2, 0.25) is 0 Å². The highest BCUT2D eigenvalue weighted by Crippen LogP contribution is 1.95. The summed E-state index contributed by atoms with van der Waals surface area (Å²) >= 11 is 0. The van der Waals surface area contributed by atoms with Gasteiger partial charge < -0.3 is 5.73 Å². The number of aliphatic imine (C=N–C) groups is 1. The predicted molar refractivity (Wildman–Crippen MR) is 46.5 cm³/mol. The summed E-state index contributed by atoms with van der Waals surface area (Å²) < 4.78 is 0. The lowest BCUT2D eigenvalue weighted by molar-refractivity contribution is 0.625. The maximum Gasteiger partial charge on any atom is 0.0439 e. The third-order valence-corrected chi connectivity index (χ3v) is 1.31. The smallest absolute Gasteiger partial charge is 0.0439 e. The summed E-state index contributed by atoms with van der Waals surface area (Å²) in [7, 11) is 0. The van der Waals surface area contributed by atoms with Crippen molar-refractivity contribution in [2.75, 3.05) is 6.54 Å². The Morgan fingerprint density at radius 1 is 1.40 bits per heavy atom. The molecule has 0 rings (SSSR count). The first-order chi connectivity index (χ1) is 4.66. The zero-order valence-electron chi connectivity index (χ0n) is 7.17. The van der Waals surface area contributed by atoms with E-state index in [4.69, 9.17) is 5.73 Å². The minimum atomic E-state index is 0.421. The third-order valence-electron chi connectivity index (χ3n) is 1.31. The van der Waals surface area contributed by atoms with Gasteiger partial charge in [0.15, 0.2) is 0 Å². The first-order valence-corrected chi connectivity index (χ1v) is 3.88. The van der Waals surface area contributed by atoms with Crippen molar-refractivity contribution in [3.63, 3.8) is 0 Å². The first kappa shape index (κ1) is 9.63. The molecule has 10 heavy (non-hydrogen) atoms. The minimum absolute atomic E-state index is 0.421. The van der Waals surface area contributed by atoms with Gasteiger partial charge in [-0.2, -0.15) is 0 Å². The molecule has 2 N–H and O–H groups in total. The molecule has 0 aliphatic carbocycles. The molecule has 60 valence electrons. The fourth-order valence-corrected chi connectivity index (χ4v) is 0.548. The van der Waals surface area contributed by atoms with E-state index in [1.54, 1.807) is 0 Å². The largest absolute Gasteiger partial charge is 0.330 e. The highest BCUT2D eigenvalue weighted by atomic mass is 14.7. The fraction of sp³-hybridized carbons (Fsp3) is 0.875. The third kappa shape index (κ3) is 5.76. The molecule has 0 heterocycles. The number of rotatable bonds is 4. The van der Waals surface area contributed by atoms with Crippen LogP contribution >= 0.6 is 0 Å². The van der Waals surface area contributed by atoms with Crippen molar-refractivity contribution in [3.05, 3.63) is 0 Å². The molecule has 0 amide bonds. The van der Waals surface area contributed by atoms with Crippen molar-refractivity contribution in [2.45, 2.75) is 33.2 Å². The number of nitrogens with two attached hydrogens (primary N) is 1. The van der Waals surface area contributed by atoms with Crippen LogP contribution in [-0.2, 0) is 0 Å². The van der Waals surface area contributed by atoms with E-state index in [0.29, 0.717) is 12.0 Å². The van der Waals surface area contributed by atoms with Crippen LogP contribution < -0.4 is 5.73 Å². The molecule has 0 aromatic heterocycles. The molecular weight excluding hydrogens is 124 g/mol. The van der Waals surface area contributed by atoms with Crippen LogP contribution in [-0.4, -0.2) is 18.8 Å². The highest BCUT2D eigenvalue weighted by Gasteiger charge is 1.94. The Kier molecular flexibility index (Phi) is 5.22. The van der Waals surface area contributed by atoms with E-state index < -0.39 is 0 Å². The molecule has 0 aromatic carbocycles. The van der Waals surface area contributed by atoms with E-state index in [1.807, 2.05) is 6.21 Å². The number of hydrogen-bond donors (Lipinski definition) is 1. The lowest BCUT2D eigenvalue weighted by atomic mass is 10.1. The SMILES string of the molecule is CC(CN)CC=NC(C)C. The van der Waals surface area contributed by atoms with Crippen LogP contribution in [0.5, 0.6) is 0 Å². The van der Waals surface area contributed by atoms with Gasteiger partial charge in [-0.05, 0) is 38.9 Å². The van der Waals surface area contributed by atoms with Crippen LogP contribution in [0.3, 0.4) is 0 Å². The second kappa shape index (κ2) is 5.42. The molecular formula is C8H18N2. The summed E-state index contributed by atoms with van der Waals surface area (Å²) in [5.41, 5.74) is 5.43. The second-order valence-corrected chi connectivity index (χ2v) is 3.00. The van der Waals surface area contributed by atoms with Gasteiger partial charge in [-0.25, -0.2) is 0 Å². The summed E-state index contributed by atoms with van der Waals surface area (Å²) in [5.74, 6) is 0.572. The summed E-state index contributed by atoms with van der Waals surface area (Å²) in [4.78, 5) is 4.23. The lowest BCUT2D eigenvalue weighted by Crippen LogP contribution is -2.10. The first-order valence-electron chi connectivity index (χ1n) is 3.88. The Labute approximate surface area is 63.5 Å². The Bertz CT molecular complexity index is 97.4. The van der Waals surface area contributed by atoms with Gasteiger partial charge in [0.05, 0.1) is 0 Å². The molecule has 0 fully saturated rings. The van der Waals surface area contributed by atoms with Gasteiger partial charge in [-0.3, -0.25) is 4.99 Å². The number of nitrogens with zero attached hydrogens (tertiary/aromatic N) is 1. The van der Waals surface area contributed by atoms with Crippen molar-refractivity contribution < 1.29 is 0 Å². The molecule has 0 spiro atoms. The van der Waals surface area contributed by atoms with E-state index in [9.17, 15) is 0 Å². The molecule has 2 heteroatoms. The van der Waals surface area contributed by atoms with Gasteiger partial charge in [-0.1, -0.05) is 6.92 Å². The molecule has 0 aromatic rings. The van der Waals surface area contributed by atoms with E-state index in [2.05, 4.69) is 25.8 Å². The molecule has 1 atom stereocenters. The topological polar surface area (TPSA) is 38.4 Å². The summed E-state index contributed by atoms with van der Waals surface area (Å²) in [6.45, 7) is 7.03. The zero-order chi connectivity index (χ0) is 7.98. The quantitative estimate of drug-likeness (QED) is 0.593. The van der Waals surface area contributed by atoms with Gasteiger partial charge in [0, 0.05) is 6.04 Å². The summed E-state index contributed by atoms with van der Waals surface area (Å²) in [6.07, 6.45) is 2.98. The maximum absolute atomic E-state index is 5.43. The average Bonchev–Trinajstić information content (AvgIpc) is 1.87. The Morgan fingerprint density at radius 3 is 2.40 bits per heavy atom. The Hall–Kier alpha value is -0.370. The monoisotopic (exact) mass is 142 g/mol. The summed E-state index contributed by atoms with van der Waals surface area (Å²) in [6, 6.07) is 0.421. The molecule has 0 saturated carbocycles. The molecule has 0 radical (unpaired) electrons. The van der Waals surface area contributed by atoms with Crippen LogP contribution in [0.15, 0.2) is 4.99 Å². The van der Waals surface area contributed by atoms with Gasteiger partial charge >= 0.3 is 0 Å². The van der Waals surface area contributed by atoms with E-state index >= 15 is 0 Å². The fourth-order valence-electron chi connectivity index (χ4n) is 0.548. The van der Waals surface area contributed by atoms with Crippen molar-refractivity contribution in [3.8, 4) is 0 Å². The van der Waals surface area contributed by atoms with Crippen LogP contribution in [0, 0.1) is 5.92 Å². The summed E-state index contributed by atoms with van der Waals surface area (Å²) in [5, 5.41) is 0. The van der Waals surface area contributed by atoms with Gasteiger partial charge in [-0.15, -0.1) is 0 Å². The normalized spacial score (nSPS) is 14.9. The van der Waals surface area contributed by atoms with E-state index in [0.717, 1.165) is 13.0 Å². The zero-order valence-corrected chi connectivity index (χ0v) is 7.17. The minimum Gasteiger partial charge on any atom is -0.330 e. The molecule has 0 saturated heterocycles. The van der Waals surface area contributed by atoms with Crippen LogP contribution in [0.4, 0.5) is 0 Å². The number of hydrogen-bond acceptors (Lipinski definition) is 2. The molecule has 0 bridgehead atoms. The van der Waals surface area contributed by atoms with Gasteiger partial charge in [0.2, 0.25) is 0 Å². The average molecular weight is 142 g/mol. The van der Waals surface area contributed by atoms with Crippen LogP contribution in [0.1, 0.15) is 27.2 Å². The van der Waals surface area contributed by atoms with Crippen molar-refractivity contribution >= 4 is 6.21 Å². The van der Waals surface area contributed by atoms with E-state index in [1.165, 1.54) is 0 Å². The Morgan fingerprint density at radius 2 is 2.00 bits per heavy atom. The standard InChI is InChI=1S/C8H18N2/c1-7(2)10-5-4-8(3)6-9/h5,7-8H,4,6,9H2,1-3H3. The molecule has 1 unspecified atom stereocenters. The van der Waals surface area contributed by atoms with Crippen molar-refractivity contribution in [2.24, 2.45) is 16.6 Å². The molecule has 0 aliphatic heterocycles. The molecule has 2 nitrogen and oxygen atoms in total. The molecule has 0 aliphatic rings. The van der Waals surface area contributed by atoms with Crippen LogP contribution in [0.25, 0.3) is 0 Å². The van der Waals surface area contributed by atoms with Gasteiger partial charge in [0.1, 0.15) is 0 Å². The predicted octanol–water partition coefficient (Wildman–Crippen LogP) is 1.45. The second-order valence-electron chi connectivity index (χ2n) is 3.00. The van der Waals surface area contributed by atoms with Crippen molar-refractivity contribution in [1.82, 2.24) is 0 Å². The van der Waals surface area contributed by atoms with Crippen molar-refractivity contribution in [1.29, 1.82) is 0 Å². The lowest BCUT2D eigenvalue weighted by Gasteiger charge is -2.02.